The summed E-state index contributed by atoms with van der Waals surface area (Å²) < 4.78 is 12.1. The Hall–Kier alpha value is -3.76. The van der Waals surface area contributed by atoms with E-state index >= 15 is 0 Å². The summed E-state index contributed by atoms with van der Waals surface area (Å²) in [5, 5.41) is 2.17. The number of rotatable bonds is 5. The molecule has 0 bridgehead atoms. The van der Waals surface area contributed by atoms with Crippen molar-refractivity contribution in [3.8, 4) is 11.5 Å². The predicted molar refractivity (Wildman–Crippen MR) is 135 cm³/mol. The third kappa shape index (κ3) is 5.33. The lowest BCUT2D eigenvalue weighted by Crippen LogP contribution is -2.54. The largest absolute Gasteiger partial charge is 0.497 e. The molecule has 1 saturated heterocycles. The summed E-state index contributed by atoms with van der Waals surface area (Å²) >= 11 is 6.66. The van der Waals surface area contributed by atoms with Gasteiger partial charge in [0.25, 0.3) is 11.8 Å². The van der Waals surface area contributed by atoms with Crippen LogP contribution in [0, 0.1) is 0 Å². The first-order valence-corrected chi connectivity index (χ1v) is 11.7. The molecule has 0 unspecified atom stereocenters. The second-order valence-corrected chi connectivity index (χ2v) is 9.07. The van der Waals surface area contributed by atoms with Crippen molar-refractivity contribution in [1.29, 1.82) is 0 Å². The number of imide groups is 2. The summed E-state index contributed by atoms with van der Waals surface area (Å²) in [6.07, 6.45) is 1.27. The van der Waals surface area contributed by atoms with E-state index in [2.05, 4.69) is 37.2 Å². The number of methoxy groups -OCH3 is 1. The number of halogens is 2. The van der Waals surface area contributed by atoms with Crippen LogP contribution in [0.15, 0.2) is 81.2 Å². The number of anilines is 1. The van der Waals surface area contributed by atoms with Gasteiger partial charge < -0.3 is 9.47 Å². The minimum atomic E-state index is -0.876. The highest BCUT2D eigenvalue weighted by molar-refractivity contribution is 9.10. The van der Waals surface area contributed by atoms with Crippen LogP contribution >= 0.6 is 31.9 Å². The second kappa shape index (κ2) is 10.2. The van der Waals surface area contributed by atoms with E-state index < -0.39 is 23.8 Å². The third-order valence-corrected chi connectivity index (χ3v) is 6.01. The van der Waals surface area contributed by atoms with E-state index in [1.807, 2.05) is 0 Å². The van der Waals surface area contributed by atoms with Crippen LogP contribution in [0.3, 0.4) is 0 Å². The van der Waals surface area contributed by atoms with E-state index in [1.165, 1.54) is 31.4 Å². The highest BCUT2D eigenvalue weighted by atomic mass is 79.9. The summed E-state index contributed by atoms with van der Waals surface area (Å²) in [4.78, 5) is 51.7. The second-order valence-electron chi connectivity index (χ2n) is 7.23. The molecule has 3 aromatic carbocycles. The SMILES string of the molecule is COc1ccc(N2C(=O)NC(=O)/C(=C/c3cc(Br)ccc3OC(=O)c3ccc(Br)cc3)C2=O)cc1. The van der Waals surface area contributed by atoms with Crippen molar-refractivity contribution in [2.24, 2.45) is 0 Å². The van der Waals surface area contributed by atoms with Gasteiger partial charge in [0.2, 0.25) is 0 Å². The Balaban J connectivity index is 1.69. The summed E-state index contributed by atoms with van der Waals surface area (Å²) in [5.74, 6) is -1.64. The zero-order valence-corrected chi connectivity index (χ0v) is 21.3. The number of hydrogen-bond donors (Lipinski definition) is 1. The van der Waals surface area contributed by atoms with Gasteiger partial charge in [-0.25, -0.2) is 14.5 Å². The molecule has 0 aliphatic carbocycles. The molecule has 1 heterocycles. The van der Waals surface area contributed by atoms with Crippen LogP contribution < -0.4 is 19.7 Å². The fourth-order valence-corrected chi connectivity index (χ4v) is 3.89. The predicted octanol–water partition coefficient (Wildman–Crippen LogP) is 5.11. The maximum atomic E-state index is 13.2. The Bertz CT molecular complexity index is 1370. The van der Waals surface area contributed by atoms with Crippen molar-refractivity contribution in [3.63, 3.8) is 0 Å². The number of nitrogens with zero attached hydrogens (tertiary/aromatic N) is 1. The average Bonchev–Trinajstić information content (AvgIpc) is 2.84. The Morgan fingerprint density at radius 1 is 0.914 bits per heavy atom. The molecule has 0 radical (unpaired) electrons. The topological polar surface area (TPSA) is 102 Å². The number of nitrogens with one attached hydrogen (secondary N) is 1. The molecule has 176 valence electrons. The highest BCUT2D eigenvalue weighted by Gasteiger charge is 2.37. The molecule has 1 fully saturated rings. The van der Waals surface area contributed by atoms with Gasteiger partial charge in [0.05, 0.1) is 18.4 Å². The van der Waals surface area contributed by atoms with Gasteiger partial charge in [-0.3, -0.25) is 14.9 Å². The van der Waals surface area contributed by atoms with E-state index in [9.17, 15) is 19.2 Å². The smallest absolute Gasteiger partial charge is 0.343 e. The quantitative estimate of drug-likeness (QED) is 0.189. The molecular weight excluding hydrogens is 584 g/mol. The maximum Gasteiger partial charge on any atom is 0.343 e. The van der Waals surface area contributed by atoms with Gasteiger partial charge in [-0.05, 0) is 72.8 Å². The monoisotopic (exact) mass is 598 g/mol. The number of esters is 1. The Morgan fingerprint density at radius 3 is 2.23 bits per heavy atom. The molecule has 1 N–H and O–H groups in total. The van der Waals surface area contributed by atoms with Crippen molar-refractivity contribution in [2.45, 2.75) is 0 Å². The first-order valence-electron chi connectivity index (χ1n) is 10.1. The van der Waals surface area contributed by atoms with Crippen molar-refractivity contribution < 1.29 is 28.7 Å². The molecule has 8 nitrogen and oxygen atoms in total. The van der Waals surface area contributed by atoms with E-state index in [0.717, 1.165) is 9.37 Å². The molecule has 0 aromatic heterocycles. The fourth-order valence-electron chi connectivity index (χ4n) is 3.25. The molecule has 0 atom stereocenters. The lowest BCUT2D eigenvalue weighted by molar-refractivity contribution is -0.122. The lowest BCUT2D eigenvalue weighted by atomic mass is 10.1. The minimum absolute atomic E-state index is 0.127. The highest BCUT2D eigenvalue weighted by Crippen LogP contribution is 2.29. The molecule has 0 saturated carbocycles. The number of amides is 4. The average molecular weight is 600 g/mol. The van der Waals surface area contributed by atoms with Crippen molar-refractivity contribution in [1.82, 2.24) is 5.32 Å². The number of benzene rings is 3. The molecule has 10 heteroatoms. The zero-order chi connectivity index (χ0) is 25.1. The van der Waals surface area contributed by atoms with E-state index in [0.29, 0.717) is 15.8 Å². The van der Waals surface area contributed by atoms with E-state index in [-0.39, 0.29) is 22.6 Å². The van der Waals surface area contributed by atoms with Gasteiger partial charge in [-0.1, -0.05) is 31.9 Å². The minimum Gasteiger partial charge on any atom is -0.497 e. The fraction of sp³-hybridized carbons (Fsp3) is 0.0400. The number of barbiturate groups is 1. The van der Waals surface area contributed by atoms with Crippen LogP contribution in [0.2, 0.25) is 0 Å². The Kier molecular flexibility index (Phi) is 7.13. The summed E-state index contributed by atoms with van der Waals surface area (Å²) in [5.41, 5.74) is 0.548. The van der Waals surface area contributed by atoms with Crippen LogP contribution in [0.1, 0.15) is 15.9 Å². The maximum absolute atomic E-state index is 13.2. The summed E-state index contributed by atoms with van der Waals surface area (Å²) in [6.45, 7) is 0. The Labute approximate surface area is 216 Å². The van der Waals surface area contributed by atoms with Gasteiger partial charge in [0.15, 0.2) is 0 Å². The summed E-state index contributed by atoms with van der Waals surface area (Å²) in [7, 11) is 1.49. The number of hydrogen-bond acceptors (Lipinski definition) is 6. The van der Waals surface area contributed by atoms with E-state index in [1.54, 1.807) is 48.5 Å². The number of carbonyl (C=O) groups excluding carboxylic acids is 4. The van der Waals surface area contributed by atoms with Crippen LogP contribution in [0.25, 0.3) is 6.08 Å². The molecule has 35 heavy (non-hydrogen) atoms. The van der Waals surface area contributed by atoms with Crippen molar-refractivity contribution in [2.75, 3.05) is 12.0 Å². The molecule has 4 rings (SSSR count). The number of carbonyl (C=O) groups is 4. The van der Waals surface area contributed by atoms with Crippen LogP contribution in [0.4, 0.5) is 10.5 Å². The van der Waals surface area contributed by atoms with Gasteiger partial charge in [-0.2, -0.15) is 0 Å². The van der Waals surface area contributed by atoms with Gasteiger partial charge in [0.1, 0.15) is 17.1 Å². The normalized spacial score (nSPS) is 14.7. The molecule has 1 aliphatic heterocycles. The van der Waals surface area contributed by atoms with Gasteiger partial charge in [-0.15, -0.1) is 0 Å². The standard InChI is InChI=1S/C25H16Br2N2O6/c1-34-19-9-7-18(8-10-19)29-23(31)20(22(30)28-25(29)33)13-15-12-17(27)6-11-21(15)35-24(32)14-2-4-16(26)5-3-14/h2-13H,1H3,(H,28,30,33)/b20-13-. The van der Waals surface area contributed by atoms with Gasteiger partial charge >= 0.3 is 12.0 Å². The number of urea groups is 1. The summed E-state index contributed by atoms with van der Waals surface area (Å²) in [6, 6.07) is 16.7. The Morgan fingerprint density at radius 2 is 1.57 bits per heavy atom. The third-order valence-electron chi connectivity index (χ3n) is 4.99. The van der Waals surface area contributed by atoms with Crippen molar-refractivity contribution in [3.05, 3.63) is 92.4 Å². The first-order chi connectivity index (χ1) is 16.8. The molecule has 1 aliphatic rings. The lowest BCUT2D eigenvalue weighted by Gasteiger charge is -2.26. The van der Waals surface area contributed by atoms with Crippen LogP contribution in [-0.4, -0.2) is 30.9 Å². The number of ether oxygens (including phenoxy) is 2. The zero-order valence-electron chi connectivity index (χ0n) is 18.1. The van der Waals surface area contributed by atoms with E-state index in [4.69, 9.17) is 9.47 Å². The van der Waals surface area contributed by atoms with Crippen LogP contribution in [0.5, 0.6) is 11.5 Å². The first kappa shape index (κ1) is 24.4. The molecular formula is C25H16Br2N2O6. The van der Waals surface area contributed by atoms with Crippen molar-refractivity contribution >= 4 is 67.4 Å². The molecule has 3 aromatic rings. The molecule has 4 amide bonds. The van der Waals surface area contributed by atoms with Crippen LogP contribution in [-0.2, 0) is 9.59 Å². The van der Waals surface area contributed by atoms with Gasteiger partial charge in [0, 0.05) is 14.5 Å². The molecule has 0 spiro atoms.